The molecule has 1 saturated heterocycles. The average Bonchev–Trinajstić information content (AvgIpc) is 2.62. The molecule has 0 radical (unpaired) electrons. The third kappa shape index (κ3) is 1.99. The van der Waals surface area contributed by atoms with Crippen LogP contribution in [-0.4, -0.2) is 38.2 Å². The molecule has 16 heavy (non-hydrogen) atoms. The summed E-state index contributed by atoms with van der Waals surface area (Å²) in [6, 6.07) is 0. The SMILES string of the molecule is CCn1cncc1CN1CC(O)(C(C)C)C1. The Bertz CT molecular complexity index is 353. The number of aromatic nitrogens is 2. The zero-order valence-corrected chi connectivity index (χ0v) is 10.3. The van der Waals surface area contributed by atoms with Crippen molar-refractivity contribution in [2.75, 3.05) is 13.1 Å². The summed E-state index contributed by atoms with van der Waals surface area (Å²) in [7, 11) is 0. The molecule has 0 aliphatic carbocycles. The molecule has 1 fully saturated rings. The van der Waals surface area contributed by atoms with E-state index in [4.69, 9.17) is 0 Å². The Kier molecular flexibility index (Phi) is 3.04. The van der Waals surface area contributed by atoms with E-state index in [0.29, 0.717) is 5.92 Å². The minimum absolute atomic E-state index is 0.333. The van der Waals surface area contributed by atoms with Gasteiger partial charge in [-0.2, -0.15) is 0 Å². The monoisotopic (exact) mass is 223 g/mol. The predicted octanol–water partition coefficient (Wildman–Crippen LogP) is 1.11. The first-order valence-electron chi connectivity index (χ1n) is 5.99. The molecule has 0 saturated carbocycles. The number of hydrogen-bond acceptors (Lipinski definition) is 3. The fourth-order valence-corrected chi connectivity index (χ4v) is 2.20. The number of nitrogens with zero attached hydrogens (tertiary/aromatic N) is 3. The Morgan fingerprint density at radius 1 is 1.50 bits per heavy atom. The molecule has 0 unspecified atom stereocenters. The van der Waals surface area contributed by atoms with Crippen LogP contribution < -0.4 is 0 Å². The Labute approximate surface area is 96.9 Å². The molecule has 4 heteroatoms. The van der Waals surface area contributed by atoms with Gasteiger partial charge in [-0.25, -0.2) is 4.98 Å². The predicted molar refractivity (Wildman–Crippen MR) is 63.0 cm³/mol. The van der Waals surface area contributed by atoms with Crippen LogP contribution in [0, 0.1) is 5.92 Å². The smallest absolute Gasteiger partial charge is 0.0948 e. The van der Waals surface area contributed by atoms with E-state index in [-0.39, 0.29) is 0 Å². The van der Waals surface area contributed by atoms with Gasteiger partial charge in [0.2, 0.25) is 0 Å². The van der Waals surface area contributed by atoms with Crippen LogP contribution in [0.15, 0.2) is 12.5 Å². The molecule has 2 rings (SSSR count). The van der Waals surface area contributed by atoms with Crippen LogP contribution in [0.3, 0.4) is 0 Å². The third-order valence-corrected chi connectivity index (χ3v) is 3.59. The Morgan fingerprint density at radius 3 is 2.75 bits per heavy atom. The first-order valence-corrected chi connectivity index (χ1v) is 5.99. The van der Waals surface area contributed by atoms with Gasteiger partial charge in [0.05, 0.1) is 17.6 Å². The zero-order chi connectivity index (χ0) is 11.8. The summed E-state index contributed by atoms with van der Waals surface area (Å²) in [6.45, 7) is 9.67. The van der Waals surface area contributed by atoms with Gasteiger partial charge in [0.15, 0.2) is 0 Å². The number of β-amino-alcohol motifs (C(OH)–C–C–N with tert-alkyl or cyclic N) is 1. The van der Waals surface area contributed by atoms with Gasteiger partial charge >= 0.3 is 0 Å². The van der Waals surface area contributed by atoms with Gasteiger partial charge in [-0.05, 0) is 12.8 Å². The van der Waals surface area contributed by atoms with Gasteiger partial charge in [0.1, 0.15) is 0 Å². The maximum Gasteiger partial charge on any atom is 0.0948 e. The zero-order valence-electron chi connectivity index (χ0n) is 10.3. The van der Waals surface area contributed by atoms with Crippen molar-refractivity contribution in [2.24, 2.45) is 5.92 Å². The molecule has 0 spiro atoms. The highest BCUT2D eigenvalue weighted by Gasteiger charge is 2.43. The van der Waals surface area contributed by atoms with E-state index in [9.17, 15) is 5.11 Å². The second kappa shape index (κ2) is 4.18. The van der Waals surface area contributed by atoms with Crippen LogP contribution >= 0.6 is 0 Å². The van der Waals surface area contributed by atoms with Crippen LogP contribution in [0.25, 0.3) is 0 Å². The Hall–Kier alpha value is -0.870. The molecule has 0 aromatic carbocycles. The second-order valence-corrected chi connectivity index (χ2v) is 5.07. The molecule has 1 aromatic rings. The number of aryl methyl sites for hydroxylation is 1. The molecular weight excluding hydrogens is 202 g/mol. The van der Waals surface area contributed by atoms with Gasteiger partial charge in [-0.15, -0.1) is 0 Å². The number of imidazole rings is 1. The van der Waals surface area contributed by atoms with Crippen molar-refractivity contribution >= 4 is 0 Å². The van der Waals surface area contributed by atoms with Gasteiger partial charge < -0.3 is 9.67 Å². The summed E-state index contributed by atoms with van der Waals surface area (Å²) in [5.41, 5.74) is 0.755. The molecule has 2 heterocycles. The van der Waals surface area contributed by atoms with E-state index in [1.165, 1.54) is 5.69 Å². The van der Waals surface area contributed by atoms with Gasteiger partial charge in [0, 0.05) is 32.4 Å². The summed E-state index contributed by atoms with van der Waals surface area (Å²) < 4.78 is 2.15. The van der Waals surface area contributed by atoms with Crippen LogP contribution in [0.4, 0.5) is 0 Å². The van der Waals surface area contributed by atoms with Gasteiger partial charge in [-0.3, -0.25) is 4.90 Å². The van der Waals surface area contributed by atoms with Crippen molar-refractivity contribution in [1.29, 1.82) is 0 Å². The standard InChI is InChI=1S/C12H21N3O/c1-4-15-9-13-5-11(15)6-14-7-12(16,8-14)10(2)3/h5,9-10,16H,4,6-8H2,1-3H3. The van der Waals surface area contributed by atoms with Crippen molar-refractivity contribution in [3.8, 4) is 0 Å². The summed E-state index contributed by atoms with van der Waals surface area (Å²) in [6.07, 6.45) is 3.78. The molecule has 0 atom stereocenters. The maximum atomic E-state index is 10.1. The number of hydrogen-bond donors (Lipinski definition) is 1. The van der Waals surface area contributed by atoms with Crippen LogP contribution in [0.5, 0.6) is 0 Å². The third-order valence-electron chi connectivity index (χ3n) is 3.59. The van der Waals surface area contributed by atoms with Gasteiger partial charge in [0.25, 0.3) is 0 Å². The number of aliphatic hydroxyl groups is 1. The molecule has 0 bridgehead atoms. The normalized spacial score (nSPS) is 20.1. The van der Waals surface area contributed by atoms with Crippen molar-refractivity contribution in [1.82, 2.24) is 14.5 Å². The van der Waals surface area contributed by atoms with Crippen LogP contribution in [0.2, 0.25) is 0 Å². The molecule has 1 aliphatic rings. The van der Waals surface area contributed by atoms with E-state index in [0.717, 1.165) is 26.2 Å². The highest BCUT2D eigenvalue weighted by molar-refractivity contribution is 5.04. The van der Waals surface area contributed by atoms with Crippen LogP contribution in [0.1, 0.15) is 26.5 Å². The summed E-state index contributed by atoms with van der Waals surface area (Å²) >= 11 is 0. The van der Waals surface area contributed by atoms with E-state index < -0.39 is 5.60 Å². The molecule has 1 aromatic heterocycles. The summed E-state index contributed by atoms with van der Waals surface area (Å²) in [5.74, 6) is 0.333. The largest absolute Gasteiger partial charge is 0.387 e. The highest BCUT2D eigenvalue weighted by Crippen LogP contribution is 2.29. The summed E-state index contributed by atoms with van der Waals surface area (Å²) in [4.78, 5) is 6.42. The average molecular weight is 223 g/mol. The Morgan fingerprint density at radius 2 is 2.19 bits per heavy atom. The van der Waals surface area contributed by atoms with Crippen molar-refractivity contribution in [3.63, 3.8) is 0 Å². The van der Waals surface area contributed by atoms with Crippen molar-refractivity contribution in [2.45, 2.75) is 39.5 Å². The molecule has 1 N–H and O–H groups in total. The van der Waals surface area contributed by atoms with Crippen molar-refractivity contribution < 1.29 is 5.11 Å². The molecule has 4 nitrogen and oxygen atoms in total. The van der Waals surface area contributed by atoms with Gasteiger partial charge in [-0.1, -0.05) is 13.8 Å². The quantitative estimate of drug-likeness (QED) is 0.831. The van der Waals surface area contributed by atoms with E-state index >= 15 is 0 Å². The van der Waals surface area contributed by atoms with Crippen molar-refractivity contribution in [3.05, 3.63) is 18.2 Å². The molecule has 1 aliphatic heterocycles. The summed E-state index contributed by atoms with van der Waals surface area (Å²) in [5, 5.41) is 10.1. The molecule has 0 amide bonds. The lowest BCUT2D eigenvalue weighted by Crippen LogP contribution is -2.63. The maximum absolute atomic E-state index is 10.1. The Balaban J connectivity index is 1.90. The lowest BCUT2D eigenvalue weighted by atomic mass is 9.83. The van der Waals surface area contributed by atoms with Crippen LogP contribution in [-0.2, 0) is 13.1 Å². The molecule has 90 valence electrons. The fraction of sp³-hybridized carbons (Fsp3) is 0.750. The lowest BCUT2D eigenvalue weighted by Gasteiger charge is -2.49. The minimum Gasteiger partial charge on any atom is -0.387 e. The number of rotatable bonds is 4. The lowest BCUT2D eigenvalue weighted by molar-refractivity contribution is -0.131. The van der Waals surface area contributed by atoms with E-state index in [2.05, 4.69) is 35.2 Å². The van der Waals surface area contributed by atoms with E-state index in [1.807, 2.05) is 12.5 Å². The minimum atomic E-state index is -0.475. The topological polar surface area (TPSA) is 41.3 Å². The second-order valence-electron chi connectivity index (χ2n) is 5.07. The first-order chi connectivity index (χ1) is 7.55. The highest BCUT2D eigenvalue weighted by atomic mass is 16.3. The fourth-order valence-electron chi connectivity index (χ4n) is 2.20. The first kappa shape index (κ1) is 11.6. The molecular formula is C12H21N3O. The number of likely N-dealkylation sites (tertiary alicyclic amines) is 1. The van der Waals surface area contributed by atoms with E-state index in [1.54, 1.807) is 0 Å².